The van der Waals surface area contributed by atoms with E-state index in [1.165, 1.54) is 41.3 Å². The number of hydrogen-bond acceptors (Lipinski definition) is 7. The van der Waals surface area contributed by atoms with E-state index in [1.807, 2.05) is 0 Å². The molecule has 0 radical (unpaired) electrons. The topological polar surface area (TPSA) is 68.6 Å². The Morgan fingerprint density at radius 3 is 2.37 bits per heavy atom. The highest BCUT2D eigenvalue weighted by Gasteiger charge is 2.30. The first-order chi connectivity index (χ1) is 14.3. The second-order valence-corrected chi connectivity index (χ2v) is 8.90. The maximum atomic E-state index is 13.8. The summed E-state index contributed by atoms with van der Waals surface area (Å²) in [5, 5.41) is 1.12. The lowest BCUT2D eigenvalue weighted by Gasteiger charge is -2.08. The van der Waals surface area contributed by atoms with Gasteiger partial charge < -0.3 is 8.98 Å². The Bertz CT molecular complexity index is 1220. The van der Waals surface area contributed by atoms with Crippen molar-refractivity contribution in [3.8, 4) is 5.75 Å². The first kappa shape index (κ1) is 20.9. The third-order valence-corrected chi connectivity index (χ3v) is 7.15. The Kier molecular flexibility index (Phi) is 5.59. The summed E-state index contributed by atoms with van der Waals surface area (Å²) in [6.07, 6.45) is 0.730. The van der Waals surface area contributed by atoms with Crippen LogP contribution in [0.15, 0.2) is 28.1 Å². The molecule has 1 aliphatic rings. The Morgan fingerprint density at radius 2 is 1.73 bits per heavy atom. The van der Waals surface area contributed by atoms with Gasteiger partial charge in [-0.05, 0) is 12.1 Å². The molecule has 156 valence electrons. The summed E-state index contributed by atoms with van der Waals surface area (Å²) in [6.45, 7) is 0. The number of fused-ring (bicyclic) bond motifs is 1. The standard InChI is InChI=1S/C17H7F5N2O3S3/c18-10-11(19)13(21)15(14(22)12(10)20)30(26)27-7-1-2-8-9(3-7)29-17(24-8)16-23-6(4-25)5-28-16/h1-4,6H,5H2/t6-,30?/m0/s1. The van der Waals surface area contributed by atoms with Crippen LogP contribution in [0.1, 0.15) is 5.01 Å². The van der Waals surface area contributed by atoms with Gasteiger partial charge >= 0.3 is 0 Å². The molecule has 4 rings (SSSR count). The molecule has 13 heteroatoms. The lowest BCUT2D eigenvalue weighted by atomic mass is 10.3. The second-order valence-electron chi connectivity index (χ2n) is 5.81. The number of aldehydes is 1. The van der Waals surface area contributed by atoms with E-state index in [2.05, 4.69) is 9.98 Å². The molecule has 0 saturated carbocycles. The molecule has 0 bridgehead atoms. The Morgan fingerprint density at radius 1 is 1.07 bits per heavy atom. The van der Waals surface area contributed by atoms with E-state index >= 15 is 0 Å². The number of thioether (sulfide) groups is 1. The second kappa shape index (κ2) is 8.04. The van der Waals surface area contributed by atoms with Gasteiger partial charge in [0.1, 0.15) is 28.1 Å². The Balaban J connectivity index is 1.64. The van der Waals surface area contributed by atoms with Crippen LogP contribution < -0.4 is 4.18 Å². The number of carbonyl (C=O) groups is 1. The summed E-state index contributed by atoms with van der Waals surface area (Å²) in [5.41, 5.74) is 0.516. The van der Waals surface area contributed by atoms with E-state index in [-0.39, 0.29) is 5.75 Å². The molecule has 2 heterocycles. The molecule has 0 fully saturated rings. The summed E-state index contributed by atoms with van der Waals surface area (Å²) < 4.78 is 85.0. The Labute approximate surface area is 175 Å². The van der Waals surface area contributed by atoms with Gasteiger partial charge in [-0.25, -0.2) is 31.1 Å². The predicted molar refractivity (Wildman–Crippen MR) is 102 cm³/mol. The third-order valence-electron chi connectivity index (χ3n) is 3.88. The maximum Gasteiger partial charge on any atom is 0.246 e. The van der Waals surface area contributed by atoms with E-state index in [1.54, 1.807) is 0 Å². The van der Waals surface area contributed by atoms with Crippen LogP contribution in [0.25, 0.3) is 10.2 Å². The number of aromatic nitrogens is 1. The van der Waals surface area contributed by atoms with Gasteiger partial charge in [-0.3, -0.25) is 4.99 Å². The van der Waals surface area contributed by atoms with Gasteiger partial charge in [-0.1, -0.05) is 0 Å². The van der Waals surface area contributed by atoms with Crippen LogP contribution in [-0.2, 0) is 15.9 Å². The highest BCUT2D eigenvalue weighted by atomic mass is 32.2. The van der Waals surface area contributed by atoms with Crippen LogP contribution in [0.5, 0.6) is 5.75 Å². The lowest BCUT2D eigenvalue weighted by Crippen LogP contribution is -2.12. The number of benzene rings is 2. The summed E-state index contributed by atoms with van der Waals surface area (Å²) in [4.78, 5) is 17.8. The van der Waals surface area contributed by atoms with Crippen LogP contribution >= 0.6 is 23.1 Å². The highest BCUT2D eigenvalue weighted by molar-refractivity contribution is 8.15. The summed E-state index contributed by atoms with van der Waals surface area (Å²) in [5.74, 6) is -10.9. The molecule has 1 aliphatic heterocycles. The van der Waals surface area contributed by atoms with Crippen molar-refractivity contribution in [2.24, 2.45) is 4.99 Å². The first-order valence-corrected chi connectivity index (χ1v) is 10.9. The number of carbonyl (C=O) groups excluding carboxylic acids is 1. The molecule has 2 aromatic carbocycles. The molecule has 1 unspecified atom stereocenters. The van der Waals surface area contributed by atoms with Crippen molar-refractivity contribution in [2.75, 3.05) is 5.75 Å². The predicted octanol–water partition coefficient (Wildman–Crippen LogP) is 4.15. The zero-order valence-electron chi connectivity index (χ0n) is 14.3. The van der Waals surface area contributed by atoms with Gasteiger partial charge in [-0.15, -0.1) is 23.1 Å². The summed E-state index contributed by atoms with van der Waals surface area (Å²) in [6, 6.07) is 3.67. The van der Waals surface area contributed by atoms with Crippen LogP contribution in [0.2, 0.25) is 0 Å². The van der Waals surface area contributed by atoms with Crippen molar-refractivity contribution in [2.45, 2.75) is 10.9 Å². The fraction of sp³-hybridized carbons (Fsp3) is 0.118. The maximum absolute atomic E-state index is 13.8. The van der Waals surface area contributed by atoms with E-state index in [4.69, 9.17) is 4.18 Å². The number of hydrogen-bond donors (Lipinski definition) is 0. The van der Waals surface area contributed by atoms with Gasteiger partial charge in [0, 0.05) is 11.8 Å². The van der Waals surface area contributed by atoms with Gasteiger partial charge in [0.05, 0.1) is 10.2 Å². The van der Waals surface area contributed by atoms with Crippen LogP contribution in [0.4, 0.5) is 22.0 Å². The van der Waals surface area contributed by atoms with Crippen molar-refractivity contribution < 1.29 is 35.1 Å². The fourth-order valence-electron chi connectivity index (χ4n) is 2.48. The molecule has 0 spiro atoms. The number of rotatable bonds is 5. The van der Waals surface area contributed by atoms with Gasteiger partial charge in [0.25, 0.3) is 0 Å². The quantitative estimate of drug-likeness (QED) is 0.239. The first-order valence-electron chi connectivity index (χ1n) is 7.98. The van der Waals surface area contributed by atoms with Crippen molar-refractivity contribution in [1.82, 2.24) is 4.98 Å². The van der Waals surface area contributed by atoms with Crippen molar-refractivity contribution >= 4 is 55.7 Å². The van der Waals surface area contributed by atoms with Crippen molar-refractivity contribution in [3.05, 3.63) is 52.3 Å². The molecule has 3 aromatic rings. The number of halogens is 5. The molecule has 0 amide bonds. The largest absolute Gasteiger partial charge is 0.397 e. The minimum Gasteiger partial charge on any atom is -0.397 e. The average molecular weight is 478 g/mol. The zero-order valence-corrected chi connectivity index (χ0v) is 16.8. The molecule has 0 saturated heterocycles. The molecule has 2 atom stereocenters. The smallest absolute Gasteiger partial charge is 0.246 e. The molecule has 0 N–H and O–H groups in total. The monoisotopic (exact) mass is 478 g/mol. The normalized spacial score (nSPS) is 17.2. The molecular weight excluding hydrogens is 471 g/mol. The van der Waals surface area contributed by atoms with E-state index in [0.717, 1.165) is 6.29 Å². The van der Waals surface area contributed by atoms with Gasteiger partial charge in [0.15, 0.2) is 28.2 Å². The summed E-state index contributed by atoms with van der Waals surface area (Å²) >= 11 is -0.463. The van der Waals surface area contributed by atoms with Gasteiger partial charge in [-0.2, -0.15) is 0 Å². The molecule has 5 nitrogen and oxygen atoms in total. The lowest BCUT2D eigenvalue weighted by molar-refractivity contribution is -0.108. The SMILES string of the molecule is O=C[C@H]1CSC(c2nc3ccc(OS(=O)c4c(F)c(F)c(F)c(F)c4F)cc3s2)=N1. The van der Waals surface area contributed by atoms with E-state index in [0.29, 0.717) is 26.0 Å². The van der Waals surface area contributed by atoms with Gasteiger partial charge in [0.2, 0.25) is 16.9 Å². The minimum atomic E-state index is -3.01. The number of nitrogens with zero attached hydrogens (tertiary/aromatic N) is 2. The third kappa shape index (κ3) is 3.61. The van der Waals surface area contributed by atoms with Crippen LogP contribution in [0.3, 0.4) is 0 Å². The van der Waals surface area contributed by atoms with E-state index < -0.39 is 51.1 Å². The minimum absolute atomic E-state index is 0.133. The van der Waals surface area contributed by atoms with Crippen molar-refractivity contribution in [1.29, 1.82) is 0 Å². The van der Waals surface area contributed by atoms with Crippen LogP contribution in [-0.4, -0.2) is 32.3 Å². The molecule has 30 heavy (non-hydrogen) atoms. The summed E-state index contributed by atoms with van der Waals surface area (Å²) in [7, 11) is 0. The highest BCUT2D eigenvalue weighted by Crippen LogP contribution is 2.32. The zero-order chi connectivity index (χ0) is 21.6. The van der Waals surface area contributed by atoms with E-state index in [9.17, 15) is 31.0 Å². The number of aliphatic imine (C=N–C) groups is 1. The average Bonchev–Trinajstić information content (AvgIpc) is 3.37. The number of thiazole rings is 1. The Hall–Kier alpha value is -2.38. The molecule has 1 aromatic heterocycles. The molecule has 0 aliphatic carbocycles. The van der Waals surface area contributed by atoms with Crippen molar-refractivity contribution in [3.63, 3.8) is 0 Å². The van der Waals surface area contributed by atoms with Crippen LogP contribution in [0, 0.1) is 29.1 Å². The molecular formula is C17H7F5N2O3S3. The fourth-order valence-corrected chi connectivity index (χ4v) is 5.37.